The molecule has 3 aromatic rings. The van der Waals surface area contributed by atoms with E-state index in [4.69, 9.17) is 4.74 Å². The average Bonchev–Trinajstić information content (AvgIpc) is 3.11. The Hall–Kier alpha value is -3.75. The molecule has 0 saturated carbocycles. The number of fused-ring (bicyclic) bond motifs is 2. The van der Waals surface area contributed by atoms with Crippen molar-refractivity contribution in [3.63, 3.8) is 0 Å². The molecule has 2 heterocycles. The van der Waals surface area contributed by atoms with Crippen molar-refractivity contribution in [1.29, 1.82) is 0 Å². The van der Waals surface area contributed by atoms with E-state index in [1.807, 2.05) is 0 Å². The minimum atomic E-state index is -2.97. The maximum Gasteiger partial charge on any atom is 0.387 e. The van der Waals surface area contributed by atoms with Gasteiger partial charge in [-0.1, -0.05) is 12.1 Å². The number of nitrogens with zero attached hydrogens (tertiary/aromatic N) is 2. The van der Waals surface area contributed by atoms with Crippen molar-refractivity contribution in [2.24, 2.45) is 0 Å². The van der Waals surface area contributed by atoms with E-state index in [-0.39, 0.29) is 28.1 Å². The summed E-state index contributed by atoms with van der Waals surface area (Å²) >= 11 is 0. The number of hydrogen-bond donors (Lipinski definition) is 0. The van der Waals surface area contributed by atoms with Crippen molar-refractivity contribution in [3.05, 3.63) is 63.7 Å². The van der Waals surface area contributed by atoms with Gasteiger partial charge < -0.3 is 19.4 Å². The summed E-state index contributed by atoms with van der Waals surface area (Å²) < 4.78 is 36.1. The highest BCUT2D eigenvalue weighted by Crippen LogP contribution is 2.33. The van der Waals surface area contributed by atoms with Gasteiger partial charge in [0, 0.05) is 6.54 Å². The van der Waals surface area contributed by atoms with Gasteiger partial charge in [0.2, 0.25) is 0 Å². The van der Waals surface area contributed by atoms with E-state index in [1.165, 1.54) is 35.9 Å². The molecule has 4 rings (SSSR count). The molecule has 0 spiro atoms. The van der Waals surface area contributed by atoms with Crippen LogP contribution in [0, 0.1) is 0 Å². The van der Waals surface area contributed by atoms with E-state index < -0.39 is 12.6 Å². The molecule has 154 valence electrons. The van der Waals surface area contributed by atoms with Gasteiger partial charge in [-0.2, -0.15) is 8.78 Å². The lowest BCUT2D eigenvalue weighted by molar-refractivity contribution is -0.255. The van der Waals surface area contributed by atoms with Gasteiger partial charge in [0.15, 0.2) is 11.5 Å². The second kappa shape index (κ2) is 7.58. The Morgan fingerprint density at radius 3 is 2.73 bits per heavy atom. The van der Waals surface area contributed by atoms with Crippen LogP contribution in [0.5, 0.6) is 11.5 Å². The van der Waals surface area contributed by atoms with Crippen LogP contribution in [0.2, 0.25) is 0 Å². The molecular weight excluding hydrogens is 398 g/mol. The molecule has 0 N–H and O–H groups in total. The third-order valence-electron chi connectivity index (χ3n) is 4.83. The van der Waals surface area contributed by atoms with Crippen LogP contribution in [0.25, 0.3) is 22.6 Å². The number of carbonyl (C=O) groups excluding carboxylic acids is 1. The highest BCUT2D eigenvalue weighted by molar-refractivity contribution is 5.92. The number of hydrogen-bond acceptors (Lipinski definition) is 6. The number of benzene rings is 2. The number of alkyl halides is 2. The molecule has 30 heavy (non-hydrogen) atoms. The summed E-state index contributed by atoms with van der Waals surface area (Å²) in [4.78, 5) is 28.4. The van der Waals surface area contributed by atoms with E-state index in [0.29, 0.717) is 29.7 Å². The van der Waals surface area contributed by atoms with Gasteiger partial charge in [-0.05, 0) is 53.5 Å². The van der Waals surface area contributed by atoms with Gasteiger partial charge in [-0.3, -0.25) is 9.36 Å². The molecular formula is C21H15F2N2O5-. The van der Waals surface area contributed by atoms with Crippen LogP contribution in [0.1, 0.15) is 28.2 Å². The maximum atomic E-state index is 12.8. The Bertz CT molecular complexity index is 1250. The number of aromatic nitrogens is 2. The minimum Gasteiger partial charge on any atom is -0.545 e. The number of halogens is 2. The predicted molar refractivity (Wildman–Crippen MR) is 102 cm³/mol. The molecule has 1 aliphatic rings. The molecule has 0 amide bonds. The van der Waals surface area contributed by atoms with Crippen molar-refractivity contribution >= 4 is 28.5 Å². The highest BCUT2D eigenvalue weighted by Gasteiger charge is 2.21. The first kappa shape index (κ1) is 19.6. The Balaban J connectivity index is 1.78. The zero-order valence-electron chi connectivity index (χ0n) is 15.7. The van der Waals surface area contributed by atoms with E-state index in [1.54, 1.807) is 18.2 Å². The largest absolute Gasteiger partial charge is 0.545 e. The van der Waals surface area contributed by atoms with E-state index >= 15 is 0 Å². The van der Waals surface area contributed by atoms with Crippen LogP contribution in [0.3, 0.4) is 0 Å². The van der Waals surface area contributed by atoms with Crippen molar-refractivity contribution in [2.45, 2.75) is 19.6 Å². The number of carbonyl (C=O) groups is 1. The number of carboxylic acid groups (broad SMARTS) is 1. The normalized spacial score (nSPS) is 14.3. The fourth-order valence-corrected chi connectivity index (χ4v) is 3.45. The van der Waals surface area contributed by atoms with Crippen LogP contribution in [0.15, 0.2) is 41.2 Å². The quantitative estimate of drug-likeness (QED) is 0.637. The lowest BCUT2D eigenvalue weighted by atomic mass is 10.1. The number of aromatic carboxylic acids is 1. The van der Waals surface area contributed by atoms with Crippen LogP contribution in [-0.2, 0) is 6.54 Å². The van der Waals surface area contributed by atoms with E-state index in [0.717, 1.165) is 5.57 Å². The number of allylic oxidation sites excluding steroid dienone is 1. The average molecular weight is 413 g/mol. The summed E-state index contributed by atoms with van der Waals surface area (Å²) in [6, 6.07) is 8.55. The fraction of sp³-hybridized carbons (Fsp3) is 0.190. The molecule has 0 bridgehead atoms. The van der Waals surface area contributed by atoms with Crippen LogP contribution >= 0.6 is 0 Å². The second-order valence-electron chi connectivity index (χ2n) is 6.62. The van der Waals surface area contributed by atoms with Gasteiger partial charge in [-0.15, -0.1) is 0 Å². The summed E-state index contributed by atoms with van der Waals surface area (Å²) in [5.74, 6) is -0.870. The molecule has 0 saturated heterocycles. The SMILES string of the molecule is COc1cc(/C=C2\CCn3c2nc2cc(C(=O)[O-])ccc2c3=O)ccc1OC(F)F. The Morgan fingerprint density at radius 1 is 1.23 bits per heavy atom. The molecule has 0 atom stereocenters. The van der Waals surface area contributed by atoms with Crippen molar-refractivity contribution in [1.82, 2.24) is 9.55 Å². The smallest absolute Gasteiger partial charge is 0.387 e. The summed E-state index contributed by atoms with van der Waals surface area (Å²) in [5, 5.41) is 11.4. The Kier molecular flexibility index (Phi) is 4.94. The first-order valence-electron chi connectivity index (χ1n) is 8.97. The molecule has 0 aliphatic carbocycles. The molecule has 0 fully saturated rings. The first-order chi connectivity index (χ1) is 14.4. The number of methoxy groups -OCH3 is 1. The summed E-state index contributed by atoms with van der Waals surface area (Å²) in [6.45, 7) is -2.55. The minimum absolute atomic E-state index is 0.0674. The molecule has 7 nitrogen and oxygen atoms in total. The lowest BCUT2D eigenvalue weighted by Crippen LogP contribution is -2.23. The van der Waals surface area contributed by atoms with Gasteiger partial charge in [-0.25, -0.2) is 4.98 Å². The molecule has 9 heteroatoms. The van der Waals surface area contributed by atoms with E-state index in [9.17, 15) is 23.5 Å². The monoisotopic (exact) mass is 413 g/mol. The van der Waals surface area contributed by atoms with Crippen LogP contribution in [0.4, 0.5) is 8.78 Å². The standard InChI is InChI=1S/C21H16F2N2O5/c1-29-17-9-11(2-5-16(17)30-21(22)23)8-12-6-7-25-18(12)24-15-10-13(20(27)28)3-4-14(15)19(25)26/h2-5,8-10,21H,6-7H2,1H3,(H,27,28)/p-1/b12-8+. The number of carboxylic acids is 1. The van der Waals surface area contributed by atoms with E-state index in [2.05, 4.69) is 9.72 Å². The second-order valence-corrected chi connectivity index (χ2v) is 6.62. The number of ether oxygens (including phenoxy) is 2. The van der Waals surface area contributed by atoms with Crippen molar-refractivity contribution in [2.75, 3.05) is 7.11 Å². The fourth-order valence-electron chi connectivity index (χ4n) is 3.45. The molecule has 0 unspecified atom stereocenters. The van der Waals surface area contributed by atoms with Crippen LogP contribution < -0.4 is 20.1 Å². The predicted octanol–water partition coefficient (Wildman–Crippen LogP) is 2.31. The number of rotatable bonds is 5. The molecule has 0 radical (unpaired) electrons. The van der Waals surface area contributed by atoms with Gasteiger partial charge >= 0.3 is 6.61 Å². The third-order valence-corrected chi connectivity index (χ3v) is 4.83. The molecule has 2 aromatic carbocycles. The molecule has 1 aromatic heterocycles. The van der Waals surface area contributed by atoms with Crippen molar-refractivity contribution in [3.8, 4) is 11.5 Å². The zero-order valence-corrected chi connectivity index (χ0v) is 15.7. The third kappa shape index (κ3) is 3.49. The van der Waals surface area contributed by atoms with Gasteiger partial charge in [0.25, 0.3) is 5.56 Å². The first-order valence-corrected chi connectivity index (χ1v) is 8.97. The topological polar surface area (TPSA) is 93.5 Å². The summed E-state index contributed by atoms with van der Waals surface area (Å²) in [7, 11) is 1.34. The van der Waals surface area contributed by atoms with Gasteiger partial charge in [0.1, 0.15) is 5.82 Å². The lowest BCUT2D eigenvalue weighted by Gasteiger charge is -2.11. The maximum absolute atomic E-state index is 12.8. The molecule has 1 aliphatic heterocycles. The Labute approximate surface area is 168 Å². The van der Waals surface area contributed by atoms with Crippen molar-refractivity contribution < 1.29 is 28.2 Å². The highest BCUT2D eigenvalue weighted by atomic mass is 19.3. The van der Waals surface area contributed by atoms with Gasteiger partial charge in [0.05, 0.1) is 24.0 Å². The Morgan fingerprint density at radius 2 is 2.03 bits per heavy atom. The summed E-state index contributed by atoms with van der Waals surface area (Å²) in [5.41, 5.74) is 1.33. The van der Waals surface area contributed by atoms with Crippen LogP contribution in [-0.4, -0.2) is 29.2 Å². The summed E-state index contributed by atoms with van der Waals surface area (Å²) in [6.07, 6.45) is 2.30. The zero-order chi connectivity index (χ0) is 21.4.